The fraction of sp³-hybridized carbons (Fsp3) is 0.308. The summed E-state index contributed by atoms with van der Waals surface area (Å²) in [5.74, 6) is -1.68. The molecular weight excluding hydrogens is 221 g/mol. The number of carboxylic acid groups (broad SMARTS) is 1. The summed E-state index contributed by atoms with van der Waals surface area (Å²) in [4.78, 5) is 11.1. The number of hydrogen-bond acceptors (Lipinski definition) is 3. The number of nitrogens with one attached hydrogen (secondary N) is 1. The van der Waals surface area contributed by atoms with Crippen LogP contribution in [0.2, 0.25) is 0 Å². The maximum Gasteiger partial charge on any atom is 0.146 e. The van der Waals surface area contributed by atoms with Crippen molar-refractivity contribution in [2.24, 2.45) is 5.92 Å². The van der Waals surface area contributed by atoms with E-state index in [4.69, 9.17) is 0 Å². The molecule has 0 spiro atoms. The molecule has 0 amide bonds. The smallest absolute Gasteiger partial charge is 0.146 e. The lowest BCUT2D eigenvalue weighted by Gasteiger charge is -2.37. The molecule has 1 aromatic rings. The Bertz CT molecular complexity index is 512. The molecule has 0 bridgehead atoms. The third kappa shape index (κ3) is 1.44. The molecular formula is C13H11FNO2-. The standard InChI is InChI=1S/C13H12FNO2/c14-10-6-2-5-8-7-3-1-4-9(7)12(13(16)17)15-11(8)10/h1-3,5-7,9,12,15H,4H2,(H,16,17)/p-1/t7-,9-,12+/m1/s1. The van der Waals surface area contributed by atoms with E-state index in [0.717, 1.165) is 5.56 Å². The zero-order valence-corrected chi connectivity index (χ0v) is 9.02. The lowest BCUT2D eigenvalue weighted by molar-refractivity contribution is -0.308. The highest BCUT2D eigenvalue weighted by molar-refractivity contribution is 5.79. The van der Waals surface area contributed by atoms with Crippen LogP contribution in [0.3, 0.4) is 0 Å². The van der Waals surface area contributed by atoms with Gasteiger partial charge in [0.05, 0.1) is 17.7 Å². The first-order valence-corrected chi connectivity index (χ1v) is 5.61. The Balaban J connectivity index is 2.12. The molecule has 1 aliphatic heterocycles. The molecule has 3 rings (SSSR count). The van der Waals surface area contributed by atoms with Crippen LogP contribution in [0.1, 0.15) is 17.9 Å². The Hall–Kier alpha value is -1.84. The molecule has 0 radical (unpaired) electrons. The Morgan fingerprint density at radius 2 is 2.29 bits per heavy atom. The molecule has 17 heavy (non-hydrogen) atoms. The van der Waals surface area contributed by atoms with Gasteiger partial charge in [-0.15, -0.1) is 0 Å². The average Bonchev–Trinajstić information content (AvgIpc) is 2.77. The molecule has 3 nitrogen and oxygen atoms in total. The highest BCUT2D eigenvalue weighted by atomic mass is 19.1. The first kappa shape index (κ1) is 10.3. The van der Waals surface area contributed by atoms with Crippen molar-refractivity contribution in [3.05, 3.63) is 41.7 Å². The second-order valence-corrected chi connectivity index (χ2v) is 4.50. The quantitative estimate of drug-likeness (QED) is 0.736. The minimum Gasteiger partial charge on any atom is -0.548 e. The van der Waals surface area contributed by atoms with Crippen LogP contribution in [0.5, 0.6) is 0 Å². The molecule has 0 saturated carbocycles. The van der Waals surface area contributed by atoms with Crippen molar-refractivity contribution in [2.45, 2.75) is 18.4 Å². The van der Waals surface area contributed by atoms with Crippen LogP contribution in [-0.2, 0) is 4.79 Å². The van der Waals surface area contributed by atoms with E-state index < -0.39 is 17.8 Å². The second kappa shape index (κ2) is 3.58. The van der Waals surface area contributed by atoms with Gasteiger partial charge in [-0.3, -0.25) is 0 Å². The Labute approximate surface area is 98.0 Å². The summed E-state index contributed by atoms with van der Waals surface area (Å²) in [6.07, 6.45) is 4.60. The lowest BCUT2D eigenvalue weighted by atomic mass is 9.79. The van der Waals surface area contributed by atoms with Gasteiger partial charge in [0.15, 0.2) is 0 Å². The molecule has 1 aliphatic carbocycles. The van der Waals surface area contributed by atoms with Gasteiger partial charge in [0.25, 0.3) is 0 Å². The molecule has 2 aliphatic rings. The topological polar surface area (TPSA) is 52.2 Å². The molecule has 3 atom stereocenters. The van der Waals surface area contributed by atoms with Crippen LogP contribution in [0.4, 0.5) is 10.1 Å². The lowest BCUT2D eigenvalue weighted by Crippen LogP contribution is -2.49. The number of anilines is 1. The highest BCUT2D eigenvalue weighted by Gasteiger charge is 2.38. The summed E-state index contributed by atoms with van der Waals surface area (Å²) in [5.41, 5.74) is 1.13. The minimum atomic E-state index is -1.17. The van der Waals surface area contributed by atoms with Crippen molar-refractivity contribution >= 4 is 11.7 Å². The number of carbonyl (C=O) groups excluding carboxylic acids is 1. The van der Waals surface area contributed by atoms with E-state index in [2.05, 4.69) is 5.32 Å². The van der Waals surface area contributed by atoms with Gasteiger partial charge in [0.1, 0.15) is 5.82 Å². The summed E-state index contributed by atoms with van der Waals surface area (Å²) < 4.78 is 13.7. The third-order valence-corrected chi connectivity index (χ3v) is 3.60. The maximum atomic E-state index is 13.7. The third-order valence-electron chi connectivity index (χ3n) is 3.60. The molecule has 0 unspecified atom stereocenters. The molecule has 1 N–H and O–H groups in total. The number of para-hydroxylation sites is 1. The van der Waals surface area contributed by atoms with Gasteiger partial charge in [-0.05, 0) is 24.0 Å². The first-order valence-electron chi connectivity index (χ1n) is 5.61. The molecule has 0 saturated heterocycles. The molecule has 1 heterocycles. The van der Waals surface area contributed by atoms with Crippen LogP contribution in [0, 0.1) is 11.7 Å². The molecule has 88 valence electrons. The van der Waals surface area contributed by atoms with E-state index in [0.29, 0.717) is 12.1 Å². The van der Waals surface area contributed by atoms with E-state index in [9.17, 15) is 14.3 Å². The normalized spacial score (nSPS) is 29.4. The number of fused-ring (bicyclic) bond motifs is 3. The number of allylic oxidation sites excluding steroid dienone is 2. The van der Waals surface area contributed by atoms with Gasteiger partial charge < -0.3 is 15.2 Å². The number of carbonyl (C=O) groups is 1. The Kier molecular flexibility index (Phi) is 2.18. The molecule has 4 heteroatoms. The van der Waals surface area contributed by atoms with Crippen molar-refractivity contribution in [3.8, 4) is 0 Å². The van der Waals surface area contributed by atoms with E-state index in [-0.39, 0.29) is 11.8 Å². The second-order valence-electron chi connectivity index (χ2n) is 4.50. The van der Waals surface area contributed by atoms with E-state index >= 15 is 0 Å². The summed E-state index contributed by atoms with van der Waals surface area (Å²) in [6.45, 7) is 0. The first-order chi connectivity index (χ1) is 8.18. The van der Waals surface area contributed by atoms with Gasteiger partial charge in [-0.1, -0.05) is 24.3 Å². The summed E-state index contributed by atoms with van der Waals surface area (Å²) >= 11 is 0. The zero-order valence-electron chi connectivity index (χ0n) is 9.02. The van der Waals surface area contributed by atoms with Crippen molar-refractivity contribution in [1.29, 1.82) is 0 Å². The Morgan fingerprint density at radius 1 is 1.47 bits per heavy atom. The molecule has 0 fully saturated rings. The Morgan fingerprint density at radius 3 is 3.06 bits per heavy atom. The van der Waals surface area contributed by atoms with Crippen molar-refractivity contribution in [1.82, 2.24) is 0 Å². The number of carboxylic acids is 1. The van der Waals surface area contributed by atoms with Crippen LogP contribution in [0.15, 0.2) is 30.4 Å². The van der Waals surface area contributed by atoms with Gasteiger partial charge in [0, 0.05) is 5.92 Å². The van der Waals surface area contributed by atoms with Gasteiger partial charge in [-0.2, -0.15) is 0 Å². The van der Waals surface area contributed by atoms with Crippen LogP contribution in [0.25, 0.3) is 0 Å². The minimum absolute atomic E-state index is 0.0233. The summed E-state index contributed by atoms with van der Waals surface area (Å²) in [7, 11) is 0. The zero-order chi connectivity index (χ0) is 12.0. The monoisotopic (exact) mass is 232 g/mol. The van der Waals surface area contributed by atoms with Crippen LogP contribution >= 0.6 is 0 Å². The molecule has 0 aromatic heterocycles. The largest absolute Gasteiger partial charge is 0.548 e. The van der Waals surface area contributed by atoms with Crippen molar-refractivity contribution in [3.63, 3.8) is 0 Å². The van der Waals surface area contributed by atoms with Crippen molar-refractivity contribution < 1.29 is 14.3 Å². The fourth-order valence-corrected chi connectivity index (χ4v) is 2.82. The number of benzene rings is 1. The van der Waals surface area contributed by atoms with Crippen LogP contribution in [-0.4, -0.2) is 12.0 Å². The van der Waals surface area contributed by atoms with Gasteiger partial charge in [0.2, 0.25) is 0 Å². The van der Waals surface area contributed by atoms with Crippen molar-refractivity contribution in [2.75, 3.05) is 5.32 Å². The number of aliphatic carboxylic acids is 1. The number of rotatable bonds is 1. The van der Waals surface area contributed by atoms with E-state index in [1.54, 1.807) is 6.07 Å². The predicted octanol–water partition coefficient (Wildman–Crippen LogP) is 1.03. The SMILES string of the molecule is O=C([O-])[C@H]1Nc2c(F)cccc2[C@H]2C=CC[C@@H]12. The van der Waals surface area contributed by atoms with Crippen LogP contribution < -0.4 is 10.4 Å². The summed E-state index contributed by atoms with van der Waals surface area (Å²) in [6, 6.07) is 4.00. The number of hydrogen-bond donors (Lipinski definition) is 1. The average molecular weight is 232 g/mol. The predicted molar refractivity (Wildman–Crippen MR) is 58.8 cm³/mol. The van der Waals surface area contributed by atoms with E-state index in [1.807, 2.05) is 18.2 Å². The van der Waals surface area contributed by atoms with E-state index in [1.165, 1.54) is 6.07 Å². The highest BCUT2D eigenvalue weighted by Crippen LogP contribution is 2.44. The fourth-order valence-electron chi connectivity index (χ4n) is 2.82. The summed E-state index contributed by atoms with van der Waals surface area (Å²) in [5, 5.41) is 13.9. The van der Waals surface area contributed by atoms with Gasteiger partial charge in [-0.25, -0.2) is 4.39 Å². The van der Waals surface area contributed by atoms with Gasteiger partial charge >= 0.3 is 0 Å². The molecule has 1 aromatic carbocycles. The number of halogens is 1. The maximum absolute atomic E-state index is 13.7.